The van der Waals surface area contributed by atoms with E-state index in [1.807, 2.05) is 16.7 Å². The van der Waals surface area contributed by atoms with Crippen LogP contribution in [0.15, 0.2) is 58.9 Å². The Morgan fingerprint density at radius 3 is 2.64 bits per heavy atom. The summed E-state index contributed by atoms with van der Waals surface area (Å²) in [5, 5.41) is 18.5. The fraction of sp³-hybridized carbons (Fsp3) is 0.250. The first-order chi connectivity index (χ1) is 16.1. The average Bonchev–Trinajstić information content (AvgIpc) is 3.46. The first-order valence-corrected chi connectivity index (χ1v) is 12.4. The number of hydrogen-bond donors (Lipinski definition) is 2. The van der Waals surface area contributed by atoms with Crippen molar-refractivity contribution in [2.75, 3.05) is 26.3 Å². The normalized spacial score (nSPS) is 14.7. The summed E-state index contributed by atoms with van der Waals surface area (Å²) in [4.78, 5) is 19.2. The number of carbonyl (C=O) groups is 1. The quantitative estimate of drug-likeness (QED) is 0.383. The number of morpholine rings is 1. The first-order valence-electron chi connectivity index (χ1n) is 10.7. The molecule has 0 saturated carbocycles. The van der Waals surface area contributed by atoms with Crippen LogP contribution in [-0.2, 0) is 17.7 Å². The van der Waals surface area contributed by atoms with E-state index in [2.05, 4.69) is 46.4 Å². The molecule has 0 atom stereocenters. The van der Waals surface area contributed by atoms with Gasteiger partial charge in [-0.05, 0) is 53.3 Å². The summed E-state index contributed by atoms with van der Waals surface area (Å²) < 4.78 is 7.54. The number of thiazole rings is 1. The number of nitrogens with zero attached hydrogens (tertiary/aromatic N) is 3. The Balaban J connectivity index is 1.59. The molecular weight excluding hydrogens is 456 g/mol. The molecule has 4 aromatic rings. The lowest BCUT2D eigenvalue weighted by Gasteiger charge is -2.27. The van der Waals surface area contributed by atoms with Gasteiger partial charge in [-0.25, -0.2) is 9.78 Å². The van der Waals surface area contributed by atoms with E-state index in [0.29, 0.717) is 5.13 Å². The Morgan fingerprint density at radius 1 is 1.15 bits per heavy atom. The molecule has 0 radical (unpaired) electrons. The lowest BCUT2D eigenvalue weighted by atomic mass is 10.0. The number of carboxylic acid groups (broad SMARTS) is 1. The van der Waals surface area contributed by atoms with E-state index in [-0.39, 0.29) is 5.69 Å². The van der Waals surface area contributed by atoms with Crippen molar-refractivity contribution in [3.8, 4) is 5.13 Å². The predicted octanol–water partition coefficient (Wildman–Crippen LogP) is 4.17. The summed E-state index contributed by atoms with van der Waals surface area (Å²) in [5.74, 6) is -1.01. The molecule has 0 spiro atoms. The Hall–Kier alpha value is -2.69. The minimum atomic E-state index is -1.01. The highest BCUT2D eigenvalue weighted by molar-refractivity contribution is 7.97. The fourth-order valence-electron chi connectivity index (χ4n) is 4.25. The van der Waals surface area contributed by atoms with Gasteiger partial charge in [0.25, 0.3) is 0 Å². The molecule has 0 aliphatic carbocycles. The summed E-state index contributed by atoms with van der Waals surface area (Å²) >= 11 is 2.58. The molecule has 1 fully saturated rings. The second-order valence-electron chi connectivity index (χ2n) is 7.98. The number of rotatable bonds is 7. The molecule has 2 aromatic heterocycles. The molecule has 0 amide bonds. The zero-order valence-corrected chi connectivity index (χ0v) is 19.6. The van der Waals surface area contributed by atoms with Crippen LogP contribution in [0.1, 0.15) is 27.2 Å². The maximum Gasteiger partial charge on any atom is 0.355 e. The SMILES string of the molecule is NSc1ccc(Cc2cn(-c3nc(C(=O)O)cs3)c3cccc(CN4CCOCC4)c23)cc1. The molecule has 7 nitrogen and oxygen atoms in total. The monoisotopic (exact) mass is 480 g/mol. The van der Waals surface area contributed by atoms with Crippen LogP contribution in [0.4, 0.5) is 0 Å². The van der Waals surface area contributed by atoms with Gasteiger partial charge in [0, 0.05) is 41.5 Å². The van der Waals surface area contributed by atoms with Gasteiger partial charge >= 0.3 is 5.97 Å². The largest absolute Gasteiger partial charge is 0.476 e. The third-order valence-corrected chi connectivity index (χ3v) is 7.25. The molecule has 170 valence electrons. The molecule has 33 heavy (non-hydrogen) atoms. The Labute approximate surface area is 199 Å². The molecule has 3 N–H and O–H groups in total. The number of aromatic nitrogens is 2. The lowest BCUT2D eigenvalue weighted by molar-refractivity contribution is 0.0343. The van der Waals surface area contributed by atoms with Gasteiger partial charge in [0.15, 0.2) is 10.8 Å². The van der Waals surface area contributed by atoms with Crippen molar-refractivity contribution >= 4 is 40.2 Å². The van der Waals surface area contributed by atoms with Gasteiger partial charge in [-0.1, -0.05) is 24.3 Å². The van der Waals surface area contributed by atoms with Crippen LogP contribution in [0.3, 0.4) is 0 Å². The van der Waals surface area contributed by atoms with E-state index in [1.54, 1.807) is 5.38 Å². The van der Waals surface area contributed by atoms with E-state index in [0.717, 1.165) is 49.7 Å². The van der Waals surface area contributed by atoms with Crippen LogP contribution in [0.25, 0.3) is 16.0 Å². The zero-order chi connectivity index (χ0) is 22.8. The van der Waals surface area contributed by atoms with E-state index in [1.165, 1.54) is 45.4 Å². The maximum atomic E-state index is 11.4. The number of nitrogens with two attached hydrogens (primary N) is 1. The molecular formula is C24H24N4O3S2. The summed E-state index contributed by atoms with van der Waals surface area (Å²) in [5.41, 5.74) is 4.74. The molecule has 5 rings (SSSR count). The second kappa shape index (κ2) is 9.66. The summed E-state index contributed by atoms with van der Waals surface area (Å²) in [6.45, 7) is 4.19. The van der Waals surface area contributed by atoms with Crippen LogP contribution >= 0.6 is 23.3 Å². The van der Waals surface area contributed by atoms with Crippen LogP contribution in [0.2, 0.25) is 0 Å². The number of hydrogen-bond acceptors (Lipinski definition) is 7. The minimum absolute atomic E-state index is 0.0674. The van der Waals surface area contributed by atoms with Crippen LogP contribution in [-0.4, -0.2) is 51.8 Å². The number of fused-ring (bicyclic) bond motifs is 1. The van der Waals surface area contributed by atoms with E-state index >= 15 is 0 Å². The zero-order valence-electron chi connectivity index (χ0n) is 17.9. The molecule has 0 bridgehead atoms. The topological polar surface area (TPSA) is 93.6 Å². The molecule has 1 aliphatic heterocycles. The van der Waals surface area contributed by atoms with Gasteiger partial charge in [0.2, 0.25) is 0 Å². The average molecular weight is 481 g/mol. The van der Waals surface area contributed by atoms with Crippen molar-refractivity contribution in [1.82, 2.24) is 14.5 Å². The highest BCUT2D eigenvalue weighted by Gasteiger charge is 2.19. The van der Waals surface area contributed by atoms with Crippen LogP contribution in [0.5, 0.6) is 0 Å². The summed E-state index contributed by atoms with van der Waals surface area (Å²) in [7, 11) is 0. The summed E-state index contributed by atoms with van der Waals surface area (Å²) in [6, 6.07) is 14.6. The third-order valence-electron chi connectivity index (χ3n) is 5.86. The second-order valence-corrected chi connectivity index (χ2v) is 9.53. The van der Waals surface area contributed by atoms with Crippen molar-refractivity contribution in [3.05, 3.63) is 76.4 Å². The first kappa shape index (κ1) is 22.1. The van der Waals surface area contributed by atoms with Crippen molar-refractivity contribution < 1.29 is 14.6 Å². The van der Waals surface area contributed by atoms with Crippen molar-refractivity contribution in [2.24, 2.45) is 5.14 Å². The van der Waals surface area contributed by atoms with Gasteiger partial charge in [-0.2, -0.15) is 0 Å². The molecule has 2 aromatic carbocycles. The van der Waals surface area contributed by atoms with Crippen molar-refractivity contribution in [2.45, 2.75) is 17.9 Å². The smallest absolute Gasteiger partial charge is 0.355 e. The van der Waals surface area contributed by atoms with Gasteiger partial charge < -0.3 is 9.84 Å². The van der Waals surface area contributed by atoms with Crippen LogP contribution in [0, 0.1) is 0 Å². The van der Waals surface area contributed by atoms with Crippen LogP contribution < -0.4 is 5.14 Å². The molecule has 9 heteroatoms. The number of aromatic carboxylic acids is 1. The number of benzene rings is 2. The Morgan fingerprint density at radius 2 is 1.94 bits per heavy atom. The molecule has 3 heterocycles. The predicted molar refractivity (Wildman–Crippen MR) is 131 cm³/mol. The van der Waals surface area contributed by atoms with Crippen molar-refractivity contribution in [1.29, 1.82) is 0 Å². The van der Waals surface area contributed by atoms with Gasteiger partial charge in [0.05, 0.1) is 18.7 Å². The Bertz CT molecular complexity index is 1280. The van der Waals surface area contributed by atoms with Gasteiger partial charge in [-0.15, -0.1) is 11.3 Å². The minimum Gasteiger partial charge on any atom is -0.476 e. The number of ether oxygens (including phenoxy) is 1. The fourth-order valence-corrected chi connectivity index (χ4v) is 5.33. The van der Waals surface area contributed by atoms with Gasteiger partial charge in [0.1, 0.15) is 0 Å². The van der Waals surface area contributed by atoms with E-state index in [9.17, 15) is 9.90 Å². The third kappa shape index (κ3) is 4.68. The van der Waals surface area contributed by atoms with E-state index in [4.69, 9.17) is 9.88 Å². The molecule has 1 aliphatic rings. The van der Waals surface area contributed by atoms with E-state index < -0.39 is 5.97 Å². The summed E-state index contributed by atoms with van der Waals surface area (Å²) in [6.07, 6.45) is 2.86. The lowest BCUT2D eigenvalue weighted by Crippen LogP contribution is -2.35. The highest BCUT2D eigenvalue weighted by atomic mass is 32.2. The molecule has 0 unspecified atom stereocenters. The standard InChI is InChI=1S/C24H24N4O3S2/c25-33-19-6-4-16(5-7-19)12-18-14-28(24-26-20(15-32-24)23(29)30)21-3-1-2-17(22(18)21)13-27-8-10-31-11-9-27/h1-7,14-15H,8-13,25H2,(H,29,30). The van der Waals surface area contributed by atoms with Crippen molar-refractivity contribution in [3.63, 3.8) is 0 Å². The number of carboxylic acids is 1. The highest BCUT2D eigenvalue weighted by Crippen LogP contribution is 2.32. The molecule has 1 saturated heterocycles. The Kier molecular flexibility index (Phi) is 6.48. The van der Waals surface area contributed by atoms with Gasteiger partial charge in [-0.3, -0.25) is 14.6 Å². The maximum absolute atomic E-state index is 11.4.